The topological polar surface area (TPSA) is 243 Å². The summed E-state index contributed by atoms with van der Waals surface area (Å²) < 4.78 is 56.9. The Labute approximate surface area is 374 Å². The summed E-state index contributed by atoms with van der Waals surface area (Å²) in [4.78, 5) is 80.0. The first-order chi connectivity index (χ1) is 30.8. The molecule has 348 valence electrons. The number of nitrogens with zero attached hydrogens (tertiary/aromatic N) is 2. The second-order valence-corrected chi connectivity index (χ2v) is 18.6. The van der Waals surface area contributed by atoms with Crippen molar-refractivity contribution in [1.29, 1.82) is 0 Å². The van der Waals surface area contributed by atoms with Crippen molar-refractivity contribution >= 4 is 25.5 Å². The molecule has 7 rings (SSSR count). The molecule has 4 N–H and O–H groups in total. The normalized spacial score (nSPS) is 25.8. The summed E-state index contributed by atoms with van der Waals surface area (Å²) in [5, 5.41) is 13.1. The zero-order valence-electron chi connectivity index (χ0n) is 36.7. The summed E-state index contributed by atoms with van der Waals surface area (Å²) in [6.45, 7) is 5.35. The minimum atomic E-state index is -5.18. The van der Waals surface area contributed by atoms with E-state index < -0.39 is 110 Å². The molecule has 4 aromatic rings. The summed E-state index contributed by atoms with van der Waals surface area (Å²) in [6, 6.07) is 23.9. The molecule has 3 aromatic carbocycles. The number of hydrogen-bond donors (Lipinski definition) is 4. The van der Waals surface area contributed by atoms with Crippen molar-refractivity contribution in [1.82, 2.24) is 19.8 Å². The molecule has 3 saturated heterocycles. The van der Waals surface area contributed by atoms with E-state index >= 15 is 0 Å². The van der Waals surface area contributed by atoms with Crippen LogP contribution in [0.25, 0.3) is 0 Å². The second-order valence-electron chi connectivity index (χ2n) is 17.2. The van der Waals surface area contributed by atoms with Gasteiger partial charge in [0.2, 0.25) is 11.6 Å². The van der Waals surface area contributed by atoms with Crippen molar-refractivity contribution < 1.29 is 61.7 Å². The van der Waals surface area contributed by atoms with Crippen molar-refractivity contribution in [3.8, 4) is 11.5 Å². The van der Waals surface area contributed by atoms with Gasteiger partial charge in [0.25, 0.3) is 5.56 Å². The lowest BCUT2D eigenvalue weighted by Crippen LogP contribution is -2.57. The predicted octanol–water partition coefficient (Wildman–Crippen LogP) is 3.79. The van der Waals surface area contributed by atoms with Crippen molar-refractivity contribution in [2.45, 2.75) is 82.5 Å². The quantitative estimate of drug-likeness (QED) is 0.0923. The third-order valence-corrected chi connectivity index (χ3v) is 12.8. The van der Waals surface area contributed by atoms with Crippen LogP contribution in [0.3, 0.4) is 0 Å². The number of phosphoric acid groups is 1. The van der Waals surface area contributed by atoms with Crippen molar-refractivity contribution in [3.05, 3.63) is 129 Å². The number of hydrogen-bond acceptors (Lipinski definition) is 14. The Morgan fingerprint density at radius 2 is 1.48 bits per heavy atom. The number of H-pyrrole nitrogens is 1. The number of Topliss-reactive ketones (excluding diaryl/α,β-unsaturated/α-hetero) is 1. The van der Waals surface area contributed by atoms with Gasteiger partial charge in [0, 0.05) is 37.1 Å². The van der Waals surface area contributed by atoms with E-state index in [9.17, 15) is 38.5 Å². The van der Waals surface area contributed by atoms with Crippen LogP contribution in [0.5, 0.6) is 11.5 Å². The number of imide groups is 1. The minimum absolute atomic E-state index is 0.0261. The first-order valence-electron chi connectivity index (χ1n) is 20.9. The van der Waals surface area contributed by atoms with Crippen LogP contribution in [-0.2, 0) is 48.7 Å². The average molecular weight is 921 g/mol. The Morgan fingerprint density at radius 1 is 0.877 bits per heavy atom. The Kier molecular flexibility index (Phi) is 13.7. The van der Waals surface area contributed by atoms with E-state index in [1.165, 1.54) is 4.90 Å². The lowest BCUT2D eigenvalue weighted by atomic mass is 9.80. The first kappa shape index (κ1) is 47.5. The number of methoxy groups -OCH3 is 2. The molecule has 0 spiro atoms. The van der Waals surface area contributed by atoms with E-state index in [2.05, 4.69) is 10.3 Å². The molecule has 8 atom stereocenters. The third kappa shape index (κ3) is 9.74. The monoisotopic (exact) mass is 920 g/mol. The van der Waals surface area contributed by atoms with Gasteiger partial charge >= 0.3 is 19.5 Å². The number of aliphatic hydroxyl groups excluding tert-OH is 1. The molecule has 20 heteroatoms. The molecule has 3 fully saturated rings. The molecule has 4 heterocycles. The largest absolute Gasteiger partial charge is 0.497 e. The van der Waals surface area contributed by atoms with E-state index in [4.69, 9.17) is 32.7 Å². The number of benzene rings is 3. The number of carbonyl (C=O) groups excluding carboxylic acids is 3. The van der Waals surface area contributed by atoms with Gasteiger partial charge < -0.3 is 33.7 Å². The highest BCUT2D eigenvalue weighted by Crippen LogP contribution is 2.52. The fourth-order valence-corrected chi connectivity index (χ4v) is 9.39. The molecule has 0 bridgehead atoms. The summed E-state index contributed by atoms with van der Waals surface area (Å²) in [5.41, 5.74) is -4.66. The van der Waals surface area contributed by atoms with Gasteiger partial charge in [-0.15, -0.1) is 0 Å². The number of aromatic nitrogens is 2. The number of rotatable bonds is 16. The molecular formula is C45H53N4O15P. The molecular weight excluding hydrogens is 867 g/mol. The molecule has 19 nitrogen and oxygen atoms in total. The van der Waals surface area contributed by atoms with Gasteiger partial charge in [0.1, 0.15) is 41.6 Å². The molecule has 0 aliphatic carbocycles. The molecule has 3 aliphatic rings. The van der Waals surface area contributed by atoms with Crippen LogP contribution in [0.1, 0.15) is 57.2 Å². The zero-order valence-corrected chi connectivity index (χ0v) is 37.6. The Balaban J connectivity index is 1.25. The highest BCUT2D eigenvalue weighted by atomic mass is 31.2. The lowest BCUT2D eigenvalue weighted by molar-refractivity contribution is -0.175. The van der Waals surface area contributed by atoms with Gasteiger partial charge in [-0.3, -0.25) is 43.2 Å². The van der Waals surface area contributed by atoms with Crippen LogP contribution in [0.2, 0.25) is 0 Å². The Morgan fingerprint density at radius 3 is 2.05 bits per heavy atom. The average Bonchev–Trinajstić information content (AvgIpc) is 3.83. The fraction of sp³-hybridized carbons (Fsp3) is 0.444. The zero-order chi connectivity index (χ0) is 46.9. The van der Waals surface area contributed by atoms with Gasteiger partial charge in [-0.2, -0.15) is 0 Å². The molecule has 0 saturated carbocycles. The SMILES string of the molecule is COc1ccc(C(OC[C@H]2O[C@@](C(=O)C(C)(C)C)(n3ccc(=O)[nH]c3=O)C[C@@H]2OP(=O)(O)OC[C@H]2O[C@@H](N3CC(C)C(=O)NC3=O)C[C@@H]2O)(c2ccccc2)c2ccc(OC)cc2)cc1. The van der Waals surface area contributed by atoms with Crippen molar-refractivity contribution in [3.63, 3.8) is 0 Å². The molecule has 0 radical (unpaired) electrons. The van der Waals surface area contributed by atoms with Gasteiger partial charge in [-0.05, 0) is 41.0 Å². The van der Waals surface area contributed by atoms with Crippen LogP contribution in [0, 0.1) is 11.3 Å². The number of carbonyl (C=O) groups is 3. The summed E-state index contributed by atoms with van der Waals surface area (Å²) in [7, 11) is -2.10. The van der Waals surface area contributed by atoms with Crippen LogP contribution >= 0.6 is 7.82 Å². The van der Waals surface area contributed by atoms with Crippen LogP contribution in [0.4, 0.5) is 4.79 Å². The Bertz CT molecular complexity index is 2480. The third-order valence-electron chi connectivity index (χ3n) is 11.8. The van der Waals surface area contributed by atoms with Crippen LogP contribution in [-0.4, -0.2) is 107 Å². The second kappa shape index (κ2) is 18.8. The number of nitrogens with one attached hydrogen (secondary N) is 2. The van der Waals surface area contributed by atoms with E-state index in [-0.39, 0.29) is 13.0 Å². The van der Waals surface area contributed by atoms with E-state index in [0.717, 1.165) is 16.8 Å². The molecule has 2 unspecified atom stereocenters. The number of aliphatic hydroxyl groups is 1. The predicted molar refractivity (Wildman–Crippen MR) is 231 cm³/mol. The summed E-state index contributed by atoms with van der Waals surface area (Å²) >= 11 is 0. The van der Waals surface area contributed by atoms with Gasteiger partial charge in [-0.25, -0.2) is 14.2 Å². The molecule has 1 aromatic heterocycles. The minimum Gasteiger partial charge on any atom is -0.497 e. The highest BCUT2D eigenvalue weighted by molar-refractivity contribution is 7.47. The Hall–Kier alpha value is -5.50. The fourth-order valence-electron chi connectivity index (χ4n) is 8.44. The summed E-state index contributed by atoms with van der Waals surface area (Å²) in [5.74, 6) is -0.483. The first-order valence-corrected chi connectivity index (χ1v) is 22.4. The number of phosphoric ester groups is 1. The molecule has 65 heavy (non-hydrogen) atoms. The van der Waals surface area contributed by atoms with E-state index in [0.29, 0.717) is 28.2 Å². The van der Waals surface area contributed by atoms with E-state index in [1.807, 2.05) is 54.6 Å². The highest BCUT2D eigenvalue weighted by Gasteiger charge is 2.59. The van der Waals surface area contributed by atoms with Crippen molar-refractivity contribution in [2.75, 3.05) is 34.0 Å². The number of aromatic amines is 1. The molecule has 3 aliphatic heterocycles. The summed E-state index contributed by atoms with van der Waals surface area (Å²) in [6.07, 6.45) is -5.85. The lowest BCUT2D eigenvalue weighted by Gasteiger charge is -2.38. The van der Waals surface area contributed by atoms with Crippen LogP contribution < -0.4 is 26.0 Å². The number of ether oxygens (including phenoxy) is 5. The maximum atomic E-state index is 14.7. The smallest absolute Gasteiger partial charge is 0.472 e. The van der Waals surface area contributed by atoms with Crippen molar-refractivity contribution in [2.24, 2.45) is 11.3 Å². The maximum Gasteiger partial charge on any atom is 0.472 e. The number of amides is 3. The number of urea groups is 1. The number of ketones is 1. The van der Waals surface area contributed by atoms with Gasteiger partial charge in [0.15, 0.2) is 5.78 Å². The van der Waals surface area contributed by atoms with Gasteiger partial charge in [-0.1, -0.05) is 82.3 Å². The molecule has 3 amide bonds. The standard InChI is InChI=1S/C45H53N4O15P/c1-27-24-48(41(54)47-39(27)52)38-22-33(50)35(62-38)26-61-65(56,57)64-34-23-44(40(53)43(2,3)4,49-21-20-37(51)46-42(49)55)63-36(34)25-60-45(28-10-8-7-9-11-28,29-12-16-31(58-5)17-13-29)30-14-18-32(59-6)19-15-30/h7-21,27,33-36,38,50H,22-26H2,1-6H3,(H,56,57)(H,46,51,55)(H,47,52,54)/t27?,33-,34-,35+,36+,38+,44-/m0/s1. The van der Waals surface area contributed by atoms with E-state index in [1.54, 1.807) is 66.2 Å². The maximum absolute atomic E-state index is 14.7. The van der Waals surface area contributed by atoms with Crippen LogP contribution in [0.15, 0.2) is 101 Å². The van der Waals surface area contributed by atoms with Gasteiger partial charge in [0.05, 0.1) is 39.5 Å².